The van der Waals surface area contributed by atoms with E-state index < -0.39 is 0 Å². The molecular formula is C34H66O2. The first kappa shape index (κ1) is 35.2. The highest BCUT2D eigenvalue weighted by Gasteiger charge is 1.98. The first-order chi connectivity index (χ1) is 17.8. The zero-order valence-electron chi connectivity index (χ0n) is 25.0. The molecule has 0 saturated carbocycles. The zero-order chi connectivity index (χ0) is 26.2. The van der Waals surface area contributed by atoms with Gasteiger partial charge in [0.15, 0.2) is 0 Å². The maximum atomic E-state index is 11.8. The topological polar surface area (TPSA) is 26.3 Å². The molecule has 0 rings (SSSR count). The number of carbonyl (C=O) groups is 1. The van der Waals surface area contributed by atoms with Gasteiger partial charge in [-0.3, -0.25) is 0 Å². The zero-order valence-corrected chi connectivity index (χ0v) is 25.0. The average Bonchev–Trinajstić information content (AvgIpc) is 2.88. The fourth-order valence-corrected chi connectivity index (χ4v) is 4.98. The van der Waals surface area contributed by atoms with Crippen molar-refractivity contribution >= 4 is 5.97 Å². The summed E-state index contributed by atoms with van der Waals surface area (Å²) in [6.45, 7) is 5.15. The van der Waals surface area contributed by atoms with Crippen molar-refractivity contribution in [3.63, 3.8) is 0 Å². The Morgan fingerprint density at radius 3 is 1.11 bits per heavy atom. The summed E-state index contributed by atoms with van der Waals surface area (Å²) in [6.07, 6.45) is 41.5. The molecule has 214 valence electrons. The number of carbonyl (C=O) groups excluding carboxylic acids is 1. The molecule has 0 spiro atoms. The van der Waals surface area contributed by atoms with Crippen molar-refractivity contribution in [3.8, 4) is 0 Å². The molecule has 0 aliphatic rings. The van der Waals surface area contributed by atoms with Crippen LogP contribution in [0.15, 0.2) is 12.2 Å². The number of allylic oxidation sites excluding steroid dienone is 1. The van der Waals surface area contributed by atoms with Crippen molar-refractivity contribution in [2.24, 2.45) is 0 Å². The smallest absolute Gasteiger partial charge is 0.330 e. The molecule has 0 aromatic heterocycles. The monoisotopic (exact) mass is 507 g/mol. The molecule has 0 atom stereocenters. The van der Waals surface area contributed by atoms with Crippen LogP contribution >= 0.6 is 0 Å². The molecule has 2 nitrogen and oxygen atoms in total. The van der Waals surface area contributed by atoms with E-state index in [0.717, 1.165) is 12.8 Å². The van der Waals surface area contributed by atoms with Crippen LogP contribution in [0.3, 0.4) is 0 Å². The predicted octanol–water partition coefficient (Wildman–Crippen LogP) is 12.0. The fourth-order valence-electron chi connectivity index (χ4n) is 4.98. The molecule has 0 aromatic rings. The van der Waals surface area contributed by atoms with E-state index in [1.54, 1.807) is 6.08 Å². The summed E-state index contributed by atoms with van der Waals surface area (Å²) < 4.78 is 5.34. The van der Waals surface area contributed by atoms with Gasteiger partial charge in [0, 0.05) is 6.08 Å². The Kier molecular flexibility index (Phi) is 31.5. The molecule has 0 radical (unpaired) electrons. The summed E-state index contributed by atoms with van der Waals surface area (Å²) in [4.78, 5) is 11.8. The average molecular weight is 507 g/mol. The minimum atomic E-state index is -0.154. The van der Waals surface area contributed by atoms with Gasteiger partial charge in [-0.25, -0.2) is 4.79 Å². The van der Waals surface area contributed by atoms with Crippen LogP contribution in [0.4, 0.5) is 0 Å². The van der Waals surface area contributed by atoms with Gasteiger partial charge in [-0.2, -0.15) is 0 Å². The van der Waals surface area contributed by atoms with Gasteiger partial charge in [0.1, 0.15) is 0 Å². The number of hydrogen-bond donors (Lipinski definition) is 0. The molecule has 0 saturated heterocycles. The van der Waals surface area contributed by atoms with E-state index in [0.29, 0.717) is 6.61 Å². The highest BCUT2D eigenvalue weighted by molar-refractivity contribution is 5.81. The molecule has 0 amide bonds. The van der Waals surface area contributed by atoms with Crippen LogP contribution in [0.1, 0.15) is 194 Å². The maximum Gasteiger partial charge on any atom is 0.330 e. The predicted molar refractivity (Wildman–Crippen MR) is 161 cm³/mol. The van der Waals surface area contributed by atoms with Gasteiger partial charge in [-0.1, -0.05) is 180 Å². The molecule has 0 N–H and O–H groups in total. The minimum absolute atomic E-state index is 0.154. The Bertz CT molecular complexity index is 442. The number of ether oxygens (including phenoxy) is 1. The molecule has 0 bridgehead atoms. The maximum absolute atomic E-state index is 11.8. The molecule has 0 unspecified atom stereocenters. The molecule has 0 fully saturated rings. The van der Waals surface area contributed by atoms with Gasteiger partial charge in [-0.15, -0.1) is 0 Å². The normalized spacial score (nSPS) is 11.5. The van der Waals surface area contributed by atoms with Gasteiger partial charge in [-0.05, 0) is 19.3 Å². The van der Waals surface area contributed by atoms with Crippen molar-refractivity contribution < 1.29 is 9.53 Å². The fraction of sp³-hybridized carbons (Fsp3) is 0.912. The van der Waals surface area contributed by atoms with E-state index in [1.807, 2.05) is 6.08 Å². The lowest BCUT2D eigenvalue weighted by atomic mass is 10.0. The summed E-state index contributed by atoms with van der Waals surface area (Å²) in [5.74, 6) is -0.154. The van der Waals surface area contributed by atoms with Crippen molar-refractivity contribution in [3.05, 3.63) is 12.2 Å². The largest absolute Gasteiger partial charge is 0.463 e. The Morgan fingerprint density at radius 1 is 0.444 bits per heavy atom. The first-order valence-electron chi connectivity index (χ1n) is 16.6. The van der Waals surface area contributed by atoms with E-state index in [9.17, 15) is 4.79 Å². The summed E-state index contributed by atoms with van der Waals surface area (Å²) in [7, 11) is 0. The summed E-state index contributed by atoms with van der Waals surface area (Å²) >= 11 is 0. The third-order valence-corrected chi connectivity index (χ3v) is 7.47. The van der Waals surface area contributed by atoms with Crippen LogP contribution in [-0.2, 0) is 9.53 Å². The summed E-state index contributed by atoms with van der Waals surface area (Å²) in [5, 5.41) is 0. The van der Waals surface area contributed by atoms with E-state index in [2.05, 4.69) is 13.8 Å². The minimum Gasteiger partial charge on any atom is -0.463 e. The van der Waals surface area contributed by atoms with E-state index in [4.69, 9.17) is 4.74 Å². The number of esters is 1. The molecule has 0 aliphatic carbocycles. The molecule has 0 aliphatic heterocycles. The lowest BCUT2D eigenvalue weighted by Crippen LogP contribution is -2.02. The Morgan fingerprint density at radius 2 is 0.750 bits per heavy atom. The number of hydrogen-bond acceptors (Lipinski definition) is 2. The van der Waals surface area contributed by atoms with E-state index in [-0.39, 0.29) is 5.97 Å². The summed E-state index contributed by atoms with van der Waals surface area (Å²) in [5.41, 5.74) is 0. The molecule has 0 heterocycles. The van der Waals surface area contributed by atoms with Crippen LogP contribution in [0, 0.1) is 0 Å². The molecule has 36 heavy (non-hydrogen) atoms. The number of rotatable bonds is 30. The molecule has 0 aromatic carbocycles. The molecule has 2 heteroatoms. The van der Waals surface area contributed by atoms with Gasteiger partial charge in [0.2, 0.25) is 0 Å². The van der Waals surface area contributed by atoms with Crippen LogP contribution in [0.25, 0.3) is 0 Å². The second-order valence-electron chi connectivity index (χ2n) is 11.2. The Labute approximate surface area is 227 Å². The van der Waals surface area contributed by atoms with Crippen molar-refractivity contribution in [1.82, 2.24) is 0 Å². The van der Waals surface area contributed by atoms with Gasteiger partial charge < -0.3 is 4.74 Å². The van der Waals surface area contributed by atoms with Crippen LogP contribution in [0.2, 0.25) is 0 Å². The third kappa shape index (κ3) is 31.2. The lowest BCUT2D eigenvalue weighted by Gasteiger charge is -2.04. The molecular weight excluding hydrogens is 440 g/mol. The second kappa shape index (κ2) is 32.2. The van der Waals surface area contributed by atoms with E-state index in [1.165, 1.54) is 167 Å². The second-order valence-corrected chi connectivity index (χ2v) is 11.2. The quantitative estimate of drug-likeness (QED) is 0.0550. The summed E-state index contributed by atoms with van der Waals surface area (Å²) in [6, 6.07) is 0. The standard InChI is InChI=1S/C34H66O2/c1-3-5-7-9-11-13-15-17-18-19-21-23-25-27-29-31-33-36-34(35)32-30-28-26-24-22-20-16-14-12-10-8-6-4-2/h30,32H,3-29,31,33H2,1-2H3/b32-30+. The van der Waals surface area contributed by atoms with Crippen molar-refractivity contribution in [1.29, 1.82) is 0 Å². The van der Waals surface area contributed by atoms with Gasteiger partial charge >= 0.3 is 5.97 Å². The van der Waals surface area contributed by atoms with Crippen LogP contribution < -0.4 is 0 Å². The Balaban J connectivity index is 3.21. The third-order valence-electron chi connectivity index (χ3n) is 7.47. The highest BCUT2D eigenvalue weighted by atomic mass is 16.5. The van der Waals surface area contributed by atoms with Gasteiger partial charge in [0.05, 0.1) is 6.61 Å². The SMILES string of the molecule is CCCCCCCCCCCCC/C=C/C(=O)OCCCCCCCCCCCCCCCCCC. The first-order valence-corrected chi connectivity index (χ1v) is 16.6. The van der Waals surface area contributed by atoms with Crippen LogP contribution in [0.5, 0.6) is 0 Å². The van der Waals surface area contributed by atoms with Crippen molar-refractivity contribution in [2.75, 3.05) is 6.61 Å². The Hall–Kier alpha value is -0.790. The lowest BCUT2D eigenvalue weighted by molar-refractivity contribution is -0.137. The number of unbranched alkanes of at least 4 members (excludes halogenated alkanes) is 26. The van der Waals surface area contributed by atoms with Crippen LogP contribution in [-0.4, -0.2) is 12.6 Å². The van der Waals surface area contributed by atoms with E-state index >= 15 is 0 Å². The van der Waals surface area contributed by atoms with Gasteiger partial charge in [0.25, 0.3) is 0 Å². The van der Waals surface area contributed by atoms with Crippen molar-refractivity contribution in [2.45, 2.75) is 194 Å². The highest BCUT2D eigenvalue weighted by Crippen LogP contribution is 2.14.